The van der Waals surface area contributed by atoms with Gasteiger partial charge in [-0.05, 0) is 38.5 Å². The Balaban J connectivity index is 1.91. The van der Waals surface area contributed by atoms with Crippen molar-refractivity contribution in [2.45, 2.75) is 88.9 Å². The van der Waals surface area contributed by atoms with Gasteiger partial charge in [0.25, 0.3) is 0 Å². The molecule has 4 aliphatic heterocycles. The Morgan fingerprint density at radius 3 is 2.19 bits per heavy atom. The molecule has 7 nitrogen and oxygen atoms in total. The van der Waals surface area contributed by atoms with E-state index in [-0.39, 0.29) is 35.7 Å². The van der Waals surface area contributed by atoms with Crippen LogP contribution in [0.25, 0.3) is 0 Å². The molecule has 2 saturated heterocycles. The van der Waals surface area contributed by atoms with Crippen LogP contribution in [0.2, 0.25) is 0 Å². The molecule has 1 N–H and O–H groups in total. The molecule has 37 heavy (non-hydrogen) atoms. The number of rotatable bonds is 5. The van der Waals surface area contributed by atoms with Gasteiger partial charge in [0.15, 0.2) is 0 Å². The van der Waals surface area contributed by atoms with Crippen molar-refractivity contribution in [3.05, 3.63) is 24.3 Å². The standard InChI is InChI=1S/C29H45N3O4S/c1-18(2)19(16-33)32-22-25(36)31(27(6,7)17-26(3,4)5)15-11-13-29(22)21(24(32)35)20-23(34)30(9)14-10-12-28(20,8)37-29/h10-13,18-22,33H,14-17H2,1-9H3/t19-,20+,21-,22?,28-,29-/m0/s1. The summed E-state index contributed by atoms with van der Waals surface area (Å²) in [5.41, 5.74) is -0.445. The van der Waals surface area contributed by atoms with Crippen molar-refractivity contribution in [1.29, 1.82) is 0 Å². The number of aliphatic hydroxyl groups excluding tert-OH is 1. The van der Waals surface area contributed by atoms with Crippen molar-refractivity contribution < 1.29 is 19.5 Å². The molecule has 1 spiro atoms. The van der Waals surface area contributed by atoms with E-state index in [1.165, 1.54) is 0 Å². The van der Waals surface area contributed by atoms with Crippen molar-refractivity contribution in [2.75, 3.05) is 26.7 Å². The van der Waals surface area contributed by atoms with Gasteiger partial charge in [-0.1, -0.05) is 58.9 Å². The van der Waals surface area contributed by atoms with Crippen LogP contribution < -0.4 is 0 Å². The van der Waals surface area contributed by atoms with Crippen LogP contribution in [0.5, 0.6) is 0 Å². The zero-order valence-electron chi connectivity index (χ0n) is 23.9. The summed E-state index contributed by atoms with van der Waals surface area (Å²) >= 11 is 1.60. The average molecular weight is 532 g/mol. The van der Waals surface area contributed by atoms with Gasteiger partial charge in [-0.15, -0.1) is 11.8 Å². The van der Waals surface area contributed by atoms with Crippen molar-refractivity contribution in [3.8, 4) is 0 Å². The second kappa shape index (κ2) is 9.15. The maximum absolute atomic E-state index is 14.7. The van der Waals surface area contributed by atoms with Gasteiger partial charge in [0.05, 0.1) is 29.2 Å². The molecule has 2 fully saturated rings. The maximum Gasteiger partial charge on any atom is 0.247 e. The Labute approximate surface area is 226 Å². The highest BCUT2D eigenvalue weighted by atomic mass is 32.2. The number of nitrogens with zero attached hydrogens (tertiary/aromatic N) is 3. The number of carbonyl (C=O) groups excluding carboxylic acids is 3. The van der Waals surface area contributed by atoms with E-state index in [1.54, 1.807) is 28.6 Å². The molecule has 1 unspecified atom stereocenters. The lowest BCUT2D eigenvalue weighted by Crippen LogP contribution is -2.61. The monoisotopic (exact) mass is 531 g/mol. The van der Waals surface area contributed by atoms with Crippen LogP contribution in [-0.2, 0) is 14.4 Å². The molecule has 4 heterocycles. The number of fused-ring (bicyclic) bond motifs is 2. The number of aliphatic hydroxyl groups is 1. The number of hydrogen-bond donors (Lipinski definition) is 1. The lowest BCUT2D eigenvalue weighted by Gasteiger charge is -2.46. The highest BCUT2D eigenvalue weighted by Crippen LogP contribution is 2.66. The number of hydrogen-bond acceptors (Lipinski definition) is 5. The molecule has 4 rings (SSSR count). The molecular formula is C29H45N3O4S. The highest BCUT2D eigenvalue weighted by molar-refractivity contribution is 8.02. The normalized spacial score (nSPS) is 35.1. The molecule has 0 saturated carbocycles. The van der Waals surface area contributed by atoms with E-state index in [0.29, 0.717) is 13.1 Å². The molecule has 206 valence electrons. The minimum atomic E-state index is -0.888. The molecule has 0 bridgehead atoms. The van der Waals surface area contributed by atoms with Crippen molar-refractivity contribution >= 4 is 29.5 Å². The largest absolute Gasteiger partial charge is 0.394 e. The van der Waals surface area contributed by atoms with Crippen LogP contribution >= 0.6 is 11.8 Å². The first-order valence-corrected chi connectivity index (χ1v) is 14.4. The minimum Gasteiger partial charge on any atom is -0.394 e. The van der Waals surface area contributed by atoms with Crippen LogP contribution in [0.4, 0.5) is 0 Å². The summed E-state index contributed by atoms with van der Waals surface area (Å²) in [5, 5.41) is 10.5. The highest BCUT2D eigenvalue weighted by Gasteiger charge is 2.74. The molecule has 0 aromatic heterocycles. The Hall–Kier alpha value is -1.80. The summed E-state index contributed by atoms with van der Waals surface area (Å²) in [6.45, 7) is 17.4. The topological polar surface area (TPSA) is 81.2 Å². The summed E-state index contributed by atoms with van der Waals surface area (Å²) < 4.78 is -1.50. The number of carbonyl (C=O) groups is 3. The fourth-order valence-electron chi connectivity index (χ4n) is 7.50. The zero-order chi connectivity index (χ0) is 27.7. The van der Waals surface area contributed by atoms with Gasteiger partial charge < -0.3 is 19.8 Å². The van der Waals surface area contributed by atoms with Gasteiger partial charge in [-0.2, -0.15) is 0 Å². The van der Waals surface area contributed by atoms with Gasteiger partial charge in [-0.3, -0.25) is 14.4 Å². The van der Waals surface area contributed by atoms with E-state index in [0.717, 1.165) is 6.42 Å². The van der Waals surface area contributed by atoms with Gasteiger partial charge in [-0.25, -0.2) is 0 Å². The molecule has 0 radical (unpaired) electrons. The molecule has 6 atom stereocenters. The second-order valence-corrected chi connectivity index (χ2v) is 15.5. The fourth-order valence-corrected chi connectivity index (χ4v) is 9.64. The van der Waals surface area contributed by atoms with E-state index in [2.05, 4.69) is 46.8 Å². The number of likely N-dealkylation sites (N-methyl/N-ethyl adjacent to an activating group) is 1. The van der Waals surface area contributed by atoms with Crippen LogP contribution in [0.1, 0.15) is 61.8 Å². The number of thioether (sulfide) groups is 1. The zero-order valence-corrected chi connectivity index (χ0v) is 24.8. The Bertz CT molecular complexity index is 1030. The molecule has 4 aliphatic rings. The van der Waals surface area contributed by atoms with Crippen LogP contribution in [0, 0.1) is 23.2 Å². The summed E-state index contributed by atoms with van der Waals surface area (Å²) in [7, 11) is 1.78. The van der Waals surface area contributed by atoms with Crippen LogP contribution in [0.15, 0.2) is 24.3 Å². The first-order chi connectivity index (χ1) is 17.0. The van der Waals surface area contributed by atoms with Gasteiger partial charge >= 0.3 is 0 Å². The van der Waals surface area contributed by atoms with Gasteiger partial charge in [0.1, 0.15) is 6.04 Å². The summed E-state index contributed by atoms with van der Waals surface area (Å²) in [6.07, 6.45) is 8.97. The van der Waals surface area contributed by atoms with Crippen molar-refractivity contribution in [1.82, 2.24) is 14.7 Å². The SMILES string of the molecule is CC(C)[C@H](CO)N1C(=O)[C@@H]2[C@@H]3C(=O)N(C)CC=C[C@]3(C)S[C@@]23C=CCN(C(C)(C)CC(C)(C)C)C(=O)C13. The summed E-state index contributed by atoms with van der Waals surface area (Å²) in [6, 6.07) is -1.30. The van der Waals surface area contributed by atoms with Gasteiger partial charge in [0.2, 0.25) is 17.7 Å². The Morgan fingerprint density at radius 1 is 1.00 bits per heavy atom. The van der Waals surface area contributed by atoms with E-state index < -0.39 is 39.0 Å². The third-order valence-corrected chi connectivity index (χ3v) is 10.5. The van der Waals surface area contributed by atoms with Crippen molar-refractivity contribution in [3.63, 3.8) is 0 Å². The summed E-state index contributed by atoms with van der Waals surface area (Å²) in [5.74, 6) is -1.65. The van der Waals surface area contributed by atoms with Crippen LogP contribution in [-0.4, -0.2) is 91.4 Å². The second-order valence-electron chi connectivity index (χ2n) is 13.8. The third-order valence-electron chi connectivity index (χ3n) is 8.70. The lowest BCUT2D eigenvalue weighted by atomic mass is 9.74. The third kappa shape index (κ3) is 4.36. The molecular weight excluding hydrogens is 486 g/mol. The Morgan fingerprint density at radius 2 is 1.62 bits per heavy atom. The quantitative estimate of drug-likeness (QED) is 0.551. The first kappa shape index (κ1) is 28.2. The van der Waals surface area contributed by atoms with Crippen molar-refractivity contribution in [2.24, 2.45) is 23.2 Å². The van der Waals surface area contributed by atoms with E-state index in [9.17, 15) is 19.5 Å². The predicted octanol–water partition coefficient (Wildman–Crippen LogP) is 3.33. The first-order valence-electron chi connectivity index (χ1n) is 13.6. The fraction of sp³-hybridized carbons (Fsp3) is 0.759. The molecule has 0 aromatic rings. The van der Waals surface area contributed by atoms with E-state index >= 15 is 0 Å². The maximum atomic E-state index is 14.7. The predicted molar refractivity (Wildman–Crippen MR) is 148 cm³/mol. The van der Waals surface area contributed by atoms with E-state index in [1.807, 2.05) is 37.8 Å². The number of amides is 3. The number of likely N-dealkylation sites (tertiary alicyclic amines) is 1. The average Bonchev–Trinajstić information content (AvgIpc) is 3.02. The smallest absolute Gasteiger partial charge is 0.247 e. The molecule has 0 aliphatic carbocycles. The van der Waals surface area contributed by atoms with Crippen LogP contribution in [0.3, 0.4) is 0 Å². The lowest BCUT2D eigenvalue weighted by molar-refractivity contribution is -0.150. The van der Waals surface area contributed by atoms with E-state index in [4.69, 9.17) is 0 Å². The Kier molecular flexibility index (Phi) is 6.97. The molecule has 0 aromatic carbocycles. The minimum absolute atomic E-state index is 0.00134. The molecule has 3 amide bonds. The summed E-state index contributed by atoms with van der Waals surface area (Å²) in [4.78, 5) is 48.2. The molecule has 8 heteroatoms. The van der Waals surface area contributed by atoms with Gasteiger partial charge in [0, 0.05) is 30.4 Å².